The highest BCUT2D eigenvalue weighted by Gasteiger charge is 2.11. The molecule has 0 aliphatic rings. The first-order valence-corrected chi connectivity index (χ1v) is 6.13. The second-order valence-corrected chi connectivity index (χ2v) is 4.49. The monoisotopic (exact) mass is 268 g/mol. The summed E-state index contributed by atoms with van der Waals surface area (Å²) < 4.78 is 14.6. The SMILES string of the molecule is CCCC(N)c1cn(-c2ccc(F)c(Cl)c2)nn1. The van der Waals surface area contributed by atoms with Gasteiger partial charge in [0.05, 0.1) is 28.6 Å². The van der Waals surface area contributed by atoms with Gasteiger partial charge in [-0.3, -0.25) is 0 Å². The van der Waals surface area contributed by atoms with E-state index in [0.717, 1.165) is 18.5 Å². The Balaban J connectivity index is 2.26. The first-order valence-electron chi connectivity index (χ1n) is 5.75. The minimum Gasteiger partial charge on any atom is -0.323 e. The van der Waals surface area contributed by atoms with E-state index in [2.05, 4.69) is 17.2 Å². The molecule has 0 radical (unpaired) electrons. The zero-order valence-corrected chi connectivity index (χ0v) is 10.7. The first kappa shape index (κ1) is 13.0. The summed E-state index contributed by atoms with van der Waals surface area (Å²) >= 11 is 5.72. The van der Waals surface area contributed by atoms with Gasteiger partial charge in [-0.25, -0.2) is 9.07 Å². The molecule has 4 nitrogen and oxygen atoms in total. The van der Waals surface area contributed by atoms with Crippen LogP contribution < -0.4 is 5.73 Å². The molecule has 18 heavy (non-hydrogen) atoms. The number of hydrogen-bond acceptors (Lipinski definition) is 3. The Morgan fingerprint density at radius 3 is 2.94 bits per heavy atom. The Labute approximate surface area is 110 Å². The van der Waals surface area contributed by atoms with Crippen LogP contribution in [-0.4, -0.2) is 15.0 Å². The standard InChI is InChI=1S/C12H14ClFN4/c1-2-3-11(15)12-7-18(17-16-12)8-4-5-10(14)9(13)6-8/h4-7,11H,2-3,15H2,1H3. The van der Waals surface area contributed by atoms with Crippen LogP contribution in [0.4, 0.5) is 4.39 Å². The number of rotatable bonds is 4. The molecule has 2 aromatic rings. The number of benzene rings is 1. The van der Waals surface area contributed by atoms with Gasteiger partial charge in [-0.1, -0.05) is 30.2 Å². The fourth-order valence-corrected chi connectivity index (χ4v) is 1.83. The van der Waals surface area contributed by atoms with E-state index in [1.165, 1.54) is 16.8 Å². The maximum Gasteiger partial charge on any atom is 0.141 e. The molecular weight excluding hydrogens is 255 g/mol. The Hall–Kier alpha value is -1.46. The lowest BCUT2D eigenvalue weighted by Crippen LogP contribution is -2.10. The van der Waals surface area contributed by atoms with Gasteiger partial charge in [0, 0.05) is 0 Å². The minimum absolute atomic E-state index is 0.0578. The van der Waals surface area contributed by atoms with Crippen LogP contribution in [0.1, 0.15) is 31.5 Å². The van der Waals surface area contributed by atoms with Crippen LogP contribution in [-0.2, 0) is 0 Å². The highest BCUT2D eigenvalue weighted by Crippen LogP contribution is 2.19. The molecule has 1 aromatic carbocycles. The maximum atomic E-state index is 13.1. The maximum absolute atomic E-state index is 13.1. The summed E-state index contributed by atoms with van der Waals surface area (Å²) in [5.41, 5.74) is 7.33. The van der Waals surface area contributed by atoms with Crippen molar-refractivity contribution in [2.75, 3.05) is 0 Å². The van der Waals surface area contributed by atoms with Crippen molar-refractivity contribution < 1.29 is 4.39 Å². The van der Waals surface area contributed by atoms with Crippen molar-refractivity contribution in [2.24, 2.45) is 5.73 Å². The van der Waals surface area contributed by atoms with E-state index < -0.39 is 5.82 Å². The van der Waals surface area contributed by atoms with Gasteiger partial charge in [0.15, 0.2) is 0 Å². The molecule has 6 heteroatoms. The second-order valence-electron chi connectivity index (χ2n) is 4.08. The quantitative estimate of drug-likeness (QED) is 0.928. The third-order valence-corrected chi connectivity index (χ3v) is 2.95. The van der Waals surface area contributed by atoms with E-state index in [1.54, 1.807) is 12.3 Å². The fraction of sp³-hybridized carbons (Fsp3) is 0.333. The minimum atomic E-state index is -0.455. The van der Waals surface area contributed by atoms with Crippen molar-refractivity contribution in [3.05, 3.63) is 40.9 Å². The van der Waals surface area contributed by atoms with E-state index in [9.17, 15) is 4.39 Å². The van der Waals surface area contributed by atoms with E-state index >= 15 is 0 Å². The number of halogens is 2. The third-order valence-electron chi connectivity index (χ3n) is 2.66. The van der Waals surface area contributed by atoms with Crippen LogP contribution in [0, 0.1) is 5.82 Å². The predicted molar refractivity (Wildman–Crippen MR) is 68.2 cm³/mol. The highest BCUT2D eigenvalue weighted by atomic mass is 35.5. The van der Waals surface area contributed by atoms with Gasteiger partial charge in [0.25, 0.3) is 0 Å². The molecule has 0 aliphatic heterocycles. The van der Waals surface area contributed by atoms with Crippen molar-refractivity contribution in [3.63, 3.8) is 0 Å². The molecule has 1 unspecified atom stereocenters. The molecule has 0 amide bonds. The summed E-state index contributed by atoms with van der Waals surface area (Å²) in [7, 11) is 0. The van der Waals surface area contributed by atoms with E-state index in [0.29, 0.717) is 5.69 Å². The lowest BCUT2D eigenvalue weighted by molar-refractivity contribution is 0.619. The smallest absolute Gasteiger partial charge is 0.141 e. The molecule has 0 fully saturated rings. The van der Waals surface area contributed by atoms with Gasteiger partial charge >= 0.3 is 0 Å². The second kappa shape index (κ2) is 5.46. The molecule has 96 valence electrons. The Bertz CT molecular complexity index is 541. The molecule has 0 aliphatic carbocycles. The first-order chi connectivity index (χ1) is 8.61. The van der Waals surface area contributed by atoms with Gasteiger partial charge in [0.1, 0.15) is 5.82 Å². The molecule has 2 N–H and O–H groups in total. The molecular formula is C12H14ClFN4. The number of hydrogen-bond donors (Lipinski definition) is 1. The third kappa shape index (κ3) is 2.68. The van der Waals surface area contributed by atoms with Crippen LogP contribution in [0.2, 0.25) is 5.02 Å². The zero-order chi connectivity index (χ0) is 13.1. The molecule has 0 bridgehead atoms. The average molecular weight is 269 g/mol. The van der Waals surface area contributed by atoms with Gasteiger partial charge in [-0.05, 0) is 24.6 Å². The molecule has 1 aromatic heterocycles. The van der Waals surface area contributed by atoms with Crippen molar-refractivity contribution in [1.82, 2.24) is 15.0 Å². The van der Waals surface area contributed by atoms with E-state index in [-0.39, 0.29) is 11.1 Å². The molecule has 0 saturated heterocycles. The predicted octanol–water partition coefficient (Wildman–Crippen LogP) is 2.86. The number of nitrogens with two attached hydrogens (primary N) is 1. The molecule has 1 heterocycles. The van der Waals surface area contributed by atoms with Crippen LogP contribution in [0.15, 0.2) is 24.4 Å². The molecule has 1 atom stereocenters. The lowest BCUT2D eigenvalue weighted by Gasteiger charge is -2.04. The summed E-state index contributed by atoms with van der Waals surface area (Å²) in [6.07, 6.45) is 3.57. The van der Waals surface area contributed by atoms with Gasteiger partial charge in [-0.15, -0.1) is 5.10 Å². The summed E-state index contributed by atoms with van der Waals surface area (Å²) in [4.78, 5) is 0. The normalized spacial score (nSPS) is 12.7. The van der Waals surface area contributed by atoms with Gasteiger partial charge < -0.3 is 5.73 Å². The topological polar surface area (TPSA) is 56.7 Å². The van der Waals surface area contributed by atoms with Crippen molar-refractivity contribution in [1.29, 1.82) is 0 Å². The van der Waals surface area contributed by atoms with Crippen molar-refractivity contribution in [3.8, 4) is 5.69 Å². The van der Waals surface area contributed by atoms with Crippen LogP contribution in [0.3, 0.4) is 0 Å². The average Bonchev–Trinajstić information content (AvgIpc) is 2.82. The Morgan fingerprint density at radius 2 is 2.28 bits per heavy atom. The summed E-state index contributed by atoms with van der Waals surface area (Å²) in [5.74, 6) is -0.455. The van der Waals surface area contributed by atoms with Gasteiger partial charge in [-0.2, -0.15) is 0 Å². The number of aromatic nitrogens is 3. The van der Waals surface area contributed by atoms with Crippen LogP contribution in [0.25, 0.3) is 5.69 Å². The Morgan fingerprint density at radius 1 is 1.50 bits per heavy atom. The van der Waals surface area contributed by atoms with Crippen LogP contribution in [0.5, 0.6) is 0 Å². The Kier molecular flexibility index (Phi) is 3.93. The fourth-order valence-electron chi connectivity index (χ4n) is 1.66. The highest BCUT2D eigenvalue weighted by molar-refractivity contribution is 6.30. The summed E-state index contributed by atoms with van der Waals surface area (Å²) in [6.45, 7) is 2.06. The summed E-state index contributed by atoms with van der Waals surface area (Å²) in [6, 6.07) is 4.26. The lowest BCUT2D eigenvalue weighted by atomic mass is 10.1. The molecule has 0 spiro atoms. The van der Waals surface area contributed by atoms with Crippen molar-refractivity contribution >= 4 is 11.6 Å². The van der Waals surface area contributed by atoms with E-state index in [1.807, 2.05) is 0 Å². The van der Waals surface area contributed by atoms with Crippen molar-refractivity contribution in [2.45, 2.75) is 25.8 Å². The number of nitrogens with zero attached hydrogens (tertiary/aromatic N) is 3. The van der Waals surface area contributed by atoms with Gasteiger partial charge in [0.2, 0.25) is 0 Å². The zero-order valence-electron chi connectivity index (χ0n) is 9.98. The summed E-state index contributed by atoms with van der Waals surface area (Å²) in [5, 5.41) is 8.04. The molecule has 2 rings (SSSR count). The molecule has 0 saturated carbocycles. The van der Waals surface area contributed by atoms with E-state index in [4.69, 9.17) is 17.3 Å². The largest absolute Gasteiger partial charge is 0.323 e. The van der Waals surface area contributed by atoms with Crippen LogP contribution >= 0.6 is 11.6 Å².